The summed E-state index contributed by atoms with van der Waals surface area (Å²) in [5.41, 5.74) is 1.81. The van der Waals surface area contributed by atoms with Crippen LogP contribution in [0.3, 0.4) is 0 Å². The monoisotopic (exact) mass is 568 g/mol. The van der Waals surface area contributed by atoms with Gasteiger partial charge in [-0.1, -0.05) is 145 Å². The van der Waals surface area contributed by atoms with Crippen LogP contribution >= 0.6 is 7.82 Å². The fourth-order valence-corrected chi connectivity index (χ4v) is 5.69. The summed E-state index contributed by atoms with van der Waals surface area (Å²) < 4.78 is 23.0. The molecule has 0 aliphatic rings. The smallest absolute Gasteiger partial charge is 0.472 e. The fourth-order valence-electron chi connectivity index (χ4n) is 4.94. The Kier molecular flexibility index (Phi) is 17.2. The number of unbranched alkanes of at least 4 members (excludes halogenated alkanes) is 15. The van der Waals surface area contributed by atoms with Crippen molar-refractivity contribution < 1.29 is 23.6 Å². The first kappa shape index (κ1) is 36.2. The maximum atomic E-state index is 12.4. The molecule has 1 unspecified atom stereocenters. The summed E-state index contributed by atoms with van der Waals surface area (Å²) in [5, 5.41) is 10.9. The van der Waals surface area contributed by atoms with E-state index in [9.17, 15) is 14.6 Å². The number of phosphoric acid groups is 1. The van der Waals surface area contributed by atoms with Crippen molar-refractivity contribution in [1.29, 1.82) is 0 Å². The summed E-state index contributed by atoms with van der Waals surface area (Å²) in [6, 6.07) is 3.72. The second kappa shape index (κ2) is 18.5. The number of benzene rings is 1. The van der Waals surface area contributed by atoms with E-state index in [1.807, 2.05) is 53.7 Å². The molecule has 39 heavy (non-hydrogen) atoms. The number of aromatic hydroxyl groups is 1. The minimum absolute atomic E-state index is 0.0425. The zero-order chi connectivity index (χ0) is 29.4. The van der Waals surface area contributed by atoms with Crippen molar-refractivity contribution in [3.05, 3.63) is 28.8 Å². The first-order valence-corrected chi connectivity index (χ1v) is 17.3. The van der Waals surface area contributed by atoms with E-state index >= 15 is 0 Å². The molecular formula is C33H61O5P. The maximum absolute atomic E-state index is 12.4. The van der Waals surface area contributed by atoms with Crippen LogP contribution in [0, 0.1) is 0 Å². The highest BCUT2D eigenvalue weighted by molar-refractivity contribution is 7.47. The Balaban J connectivity index is 2.21. The SMILES string of the molecule is CCCCCCCCCCCCCCCCCCOP(=O)(O)OCc1cc(C(C)(C)C)c(O)c(C(C)(C)C)c1. The summed E-state index contributed by atoms with van der Waals surface area (Å²) in [6.45, 7) is 14.7. The average molecular weight is 569 g/mol. The van der Waals surface area contributed by atoms with E-state index in [2.05, 4.69) is 6.92 Å². The van der Waals surface area contributed by atoms with Gasteiger partial charge in [0.1, 0.15) is 5.75 Å². The topological polar surface area (TPSA) is 76.0 Å². The van der Waals surface area contributed by atoms with Crippen LogP contribution in [0.15, 0.2) is 12.1 Å². The Labute approximate surface area is 241 Å². The lowest BCUT2D eigenvalue weighted by atomic mass is 9.78. The molecule has 0 heterocycles. The van der Waals surface area contributed by atoms with Crippen LogP contribution in [0.2, 0.25) is 0 Å². The lowest BCUT2D eigenvalue weighted by molar-refractivity contribution is 0.141. The zero-order valence-electron chi connectivity index (χ0n) is 26.4. The predicted octanol–water partition coefficient (Wildman–Crippen LogP) is 10.9. The summed E-state index contributed by atoms with van der Waals surface area (Å²) in [5.74, 6) is 0.283. The molecule has 1 atom stereocenters. The van der Waals surface area contributed by atoms with Crippen molar-refractivity contribution in [2.75, 3.05) is 6.61 Å². The van der Waals surface area contributed by atoms with E-state index in [1.165, 1.54) is 83.5 Å². The normalized spacial score (nSPS) is 14.1. The van der Waals surface area contributed by atoms with Crippen LogP contribution in [0.25, 0.3) is 0 Å². The van der Waals surface area contributed by atoms with Gasteiger partial charge in [-0.05, 0) is 46.1 Å². The fraction of sp³-hybridized carbons (Fsp3) is 0.818. The van der Waals surface area contributed by atoms with Crippen molar-refractivity contribution in [2.24, 2.45) is 0 Å². The standard InChI is InChI=1S/C33H61O5P/c1-8-9-10-11-12-13-14-15-16-17-18-19-20-21-22-23-24-37-39(35,36)38-27-28-25-29(32(2,3)4)31(34)30(26-28)33(5,6)7/h25-26,34H,8-24,27H2,1-7H3,(H,35,36). The number of rotatable bonds is 21. The van der Waals surface area contributed by atoms with E-state index in [1.54, 1.807) is 0 Å². The number of hydrogen-bond donors (Lipinski definition) is 2. The molecule has 0 fully saturated rings. The van der Waals surface area contributed by atoms with Crippen LogP contribution < -0.4 is 0 Å². The zero-order valence-corrected chi connectivity index (χ0v) is 27.3. The molecule has 0 aliphatic heterocycles. The van der Waals surface area contributed by atoms with E-state index in [0.717, 1.165) is 36.0 Å². The second-order valence-electron chi connectivity index (χ2n) is 13.4. The Hall–Kier alpha value is -0.870. The van der Waals surface area contributed by atoms with Gasteiger partial charge in [-0.15, -0.1) is 0 Å². The third-order valence-electron chi connectivity index (χ3n) is 7.43. The molecule has 1 aromatic carbocycles. The molecule has 0 spiro atoms. The average Bonchev–Trinajstić information content (AvgIpc) is 2.84. The molecule has 5 nitrogen and oxygen atoms in total. The van der Waals surface area contributed by atoms with Crippen molar-refractivity contribution >= 4 is 7.82 Å². The Morgan fingerprint density at radius 2 is 1.00 bits per heavy atom. The summed E-state index contributed by atoms with van der Waals surface area (Å²) in [4.78, 5) is 10.2. The van der Waals surface area contributed by atoms with Gasteiger partial charge >= 0.3 is 7.82 Å². The van der Waals surface area contributed by atoms with Gasteiger partial charge in [0.2, 0.25) is 0 Å². The lowest BCUT2D eigenvalue weighted by Crippen LogP contribution is -2.18. The van der Waals surface area contributed by atoms with Gasteiger partial charge in [0.05, 0.1) is 13.2 Å². The van der Waals surface area contributed by atoms with Crippen LogP contribution in [0.1, 0.15) is 168 Å². The Bertz CT molecular complexity index is 802. The highest BCUT2D eigenvalue weighted by atomic mass is 31.2. The first-order chi connectivity index (χ1) is 18.3. The molecule has 0 saturated heterocycles. The van der Waals surface area contributed by atoms with E-state index in [0.29, 0.717) is 0 Å². The van der Waals surface area contributed by atoms with E-state index in [-0.39, 0.29) is 29.8 Å². The summed E-state index contributed by atoms with van der Waals surface area (Å²) in [7, 11) is -4.13. The Morgan fingerprint density at radius 3 is 1.36 bits per heavy atom. The van der Waals surface area contributed by atoms with Crippen LogP contribution in [0.4, 0.5) is 0 Å². The van der Waals surface area contributed by atoms with Crippen LogP contribution in [-0.4, -0.2) is 16.6 Å². The molecule has 1 rings (SSSR count). The Morgan fingerprint density at radius 1 is 0.641 bits per heavy atom. The highest BCUT2D eigenvalue weighted by Crippen LogP contribution is 2.45. The largest absolute Gasteiger partial charge is 0.507 e. The third kappa shape index (κ3) is 16.2. The van der Waals surface area contributed by atoms with Crippen molar-refractivity contribution in [2.45, 2.75) is 169 Å². The molecule has 0 radical (unpaired) electrons. The molecule has 1 aromatic rings. The molecule has 2 N–H and O–H groups in total. The number of phenols is 1. The summed E-state index contributed by atoms with van der Waals surface area (Å²) in [6.07, 6.45) is 20.6. The molecule has 6 heteroatoms. The summed E-state index contributed by atoms with van der Waals surface area (Å²) >= 11 is 0. The van der Waals surface area contributed by atoms with Crippen LogP contribution in [-0.2, 0) is 31.0 Å². The van der Waals surface area contributed by atoms with E-state index < -0.39 is 7.82 Å². The van der Waals surface area contributed by atoms with Gasteiger partial charge in [0, 0.05) is 0 Å². The second-order valence-corrected chi connectivity index (χ2v) is 14.9. The molecule has 0 saturated carbocycles. The third-order valence-corrected chi connectivity index (χ3v) is 8.40. The number of phenolic OH excluding ortho intramolecular Hbond substituents is 1. The van der Waals surface area contributed by atoms with Gasteiger partial charge in [-0.2, -0.15) is 0 Å². The number of phosphoric ester groups is 1. The van der Waals surface area contributed by atoms with Gasteiger partial charge in [0.15, 0.2) is 0 Å². The molecule has 228 valence electrons. The van der Waals surface area contributed by atoms with E-state index in [4.69, 9.17) is 9.05 Å². The van der Waals surface area contributed by atoms with Crippen molar-refractivity contribution in [1.82, 2.24) is 0 Å². The maximum Gasteiger partial charge on any atom is 0.472 e. The van der Waals surface area contributed by atoms with Crippen molar-refractivity contribution in [3.63, 3.8) is 0 Å². The van der Waals surface area contributed by atoms with Gasteiger partial charge < -0.3 is 10.00 Å². The molecular weight excluding hydrogens is 507 g/mol. The van der Waals surface area contributed by atoms with Crippen molar-refractivity contribution in [3.8, 4) is 5.75 Å². The minimum Gasteiger partial charge on any atom is -0.507 e. The molecule has 0 aliphatic carbocycles. The molecule has 0 amide bonds. The van der Waals surface area contributed by atoms with Gasteiger partial charge in [-0.25, -0.2) is 4.57 Å². The first-order valence-electron chi connectivity index (χ1n) is 15.8. The predicted molar refractivity (Wildman–Crippen MR) is 166 cm³/mol. The lowest BCUT2D eigenvalue weighted by Gasteiger charge is -2.28. The molecule has 0 aromatic heterocycles. The van der Waals surface area contributed by atoms with Gasteiger partial charge in [0.25, 0.3) is 0 Å². The molecule has 0 bridgehead atoms. The minimum atomic E-state index is -4.13. The highest BCUT2D eigenvalue weighted by Gasteiger charge is 2.28. The van der Waals surface area contributed by atoms with Crippen LogP contribution in [0.5, 0.6) is 5.75 Å². The number of hydrogen-bond acceptors (Lipinski definition) is 4. The quantitative estimate of drug-likeness (QED) is 0.114. The van der Waals surface area contributed by atoms with Gasteiger partial charge in [-0.3, -0.25) is 9.05 Å².